The van der Waals surface area contributed by atoms with Crippen molar-refractivity contribution < 1.29 is 22.7 Å². The monoisotopic (exact) mass is 323 g/mol. The Bertz CT molecular complexity index is 694. The van der Waals surface area contributed by atoms with Crippen LogP contribution in [0.2, 0.25) is 0 Å². The molecule has 1 amide bonds. The Labute approximate surface area is 132 Å². The number of methoxy groups -OCH3 is 1. The Kier molecular flexibility index (Phi) is 4.93. The van der Waals surface area contributed by atoms with E-state index in [2.05, 4.69) is 5.32 Å². The molecule has 23 heavy (non-hydrogen) atoms. The Morgan fingerprint density at radius 1 is 1.13 bits per heavy atom. The lowest BCUT2D eigenvalue weighted by Gasteiger charge is -2.12. The molecule has 0 aliphatic rings. The number of aryl methyl sites for hydroxylation is 1. The Morgan fingerprint density at radius 3 is 2.35 bits per heavy atom. The van der Waals surface area contributed by atoms with Gasteiger partial charge >= 0.3 is 6.18 Å². The maximum Gasteiger partial charge on any atom is 0.416 e. The van der Waals surface area contributed by atoms with Crippen LogP contribution in [-0.4, -0.2) is 13.0 Å². The smallest absolute Gasteiger partial charge is 0.416 e. The first kappa shape index (κ1) is 16.9. The number of hydrogen-bond donors (Lipinski definition) is 1. The van der Waals surface area contributed by atoms with Crippen molar-refractivity contribution in [2.75, 3.05) is 12.4 Å². The summed E-state index contributed by atoms with van der Waals surface area (Å²) in [5.41, 5.74) is 0.289. The van der Waals surface area contributed by atoms with Gasteiger partial charge in [0, 0.05) is 5.69 Å². The van der Waals surface area contributed by atoms with Crippen molar-refractivity contribution in [2.24, 2.45) is 0 Å². The zero-order chi connectivity index (χ0) is 17.0. The minimum Gasteiger partial charge on any atom is -0.497 e. The standard InChI is InChI=1S/C17H16F3NO2/c1-11-3-4-12(9-15(11)17(18,19)20)10-16(22)21-13-5-7-14(23-2)8-6-13/h3-9H,10H2,1-2H3,(H,21,22). The molecule has 0 unspecified atom stereocenters. The van der Waals surface area contributed by atoms with E-state index in [0.717, 1.165) is 6.07 Å². The molecule has 0 atom stereocenters. The van der Waals surface area contributed by atoms with Crippen molar-refractivity contribution in [3.8, 4) is 5.75 Å². The average molecular weight is 323 g/mol. The van der Waals surface area contributed by atoms with Crippen LogP contribution < -0.4 is 10.1 Å². The van der Waals surface area contributed by atoms with Gasteiger partial charge in [-0.15, -0.1) is 0 Å². The molecule has 0 aromatic heterocycles. The summed E-state index contributed by atoms with van der Waals surface area (Å²) in [7, 11) is 1.53. The molecule has 0 aliphatic heterocycles. The Morgan fingerprint density at radius 2 is 1.78 bits per heavy atom. The van der Waals surface area contributed by atoms with E-state index in [1.165, 1.54) is 26.2 Å². The van der Waals surface area contributed by atoms with Crippen molar-refractivity contribution in [1.29, 1.82) is 0 Å². The topological polar surface area (TPSA) is 38.3 Å². The SMILES string of the molecule is COc1ccc(NC(=O)Cc2ccc(C)c(C(F)(F)F)c2)cc1. The number of amides is 1. The third-order valence-corrected chi connectivity index (χ3v) is 3.35. The number of nitrogens with one attached hydrogen (secondary N) is 1. The van der Waals surface area contributed by atoms with Gasteiger partial charge < -0.3 is 10.1 Å². The summed E-state index contributed by atoms with van der Waals surface area (Å²) in [6, 6.07) is 10.6. The van der Waals surface area contributed by atoms with Crippen molar-refractivity contribution >= 4 is 11.6 Å². The number of anilines is 1. The second-order valence-electron chi connectivity index (χ2n) is 5.10. The highest BCUT2D eigenvalue weighted by Gasteiger charge is 2.32. The van der Waals surface area contributed by atoms with Crippen LogP contribution in [0, 0.1) is 6.92 Å². The second-order valence-corrected chi connectivity index (χ2v) is 5.10. The van der Waals surface area contributed by atoms with Crippen LogP contribution in [-0.2, 0) is 17.4 Å². The molecule has 122 valence electrons. The molecule has 0 saturated heterocycles. The molecule has 0 fully saturated rings. The molecule has 2 rings (SSSR count). The number of carbonyl (C=O) groups is 1. The van der Waals surface area contributed by atoms with Gasteiger partial charge in [0.05, 0.1) is 19.1 Å². The second kappa shape index (κ2) is 6.73. The van der Waals surface area contributed by atoms with E-state index in [0.29, 0.717) is 17.0 Å². The van der Waals surface area contributed by atoms with Gasteiger partial charge in [0.1, 0.15) is 5.75 Å². The molecule has 2 aromatic rings. The molecule has 0 saturated carbocycles. The van der Waals surface area contributed by atoms with Gasteiger partial charge in [-0.2, -0.15) is 13.2 Å². The maximum absolute atomic E-state index is 12.9. The third kappa shape index (κ3) is 4.48. The number of hydrogen-bond acceptors (Lipinski definition) is 2. The number of rotatable bonds is 4. The van der Waals surface area contributed by atoms with E-state index in [-0.39, 0.29) is 17.9 Å². The highest BCUT2D eigenvalue weighted by atomic mass is 19.4. The molecule has 0 radical (unpaired) electrons. The van der Waals surface area contributed by atoms with E-state index >= 15 is 0 Å². The quantitative estimate of drug-likeness (QED) is 0.915. The van der Waals surface area contributed by atoms with Gasteiger partial charge in [-0.3, -0.25) is 4.79 Å². The third-order valence-electron chi connectivity index (χ3n) is 3.35. The Hall–Kier alpha value is -2.50. The lowest BCUT2D eigenvalue weighted by atomic mass is 10.0. The van der Waals surface area contributed by atoms with Crippen molar-refractivity contribution in [2.45, 2.75) is 19.5 Å². The van der Waals surface area contributed by atoms with Gasteiger partial charge in [-0.05, 0) is 48.4 Å². The molecule has 0 heterocycles. The fourth-order valence-corrected chi connectivity index (χ4v) is 2.15. The number of halogens is 3. The largest absolute Gasteiger partial charge is 0.497 e. The summed E-state index contributed by atoms with van der Waals surface area (Å²) in [5.74, 6) is 0.267. The van der Waals surface area contributed by atoms with Crippen molar-refractivity contribution in [1.82, 2.24) is 0 Å². The predicted molar refractivity (Wildman–Crippen MR) is 81.5 cm³/mol. The summed E-state index contributed by atoms with van der Waals surface area (Å²) in [5, 5.41) is 2.64. The normalized spacial score (nSPS) is 11.2. The fraction of sp³-hybridized carbons (Fsp3) is 0.235. The van der Waals surface area contributed by atoms with Crippen LogP contribution in [0.15, 0.2) is 42.5 Å². The zero-order valence-corrected chi connectivity index (χ0v) is 12.7. The van der Waals surface area contributed by atoms with E-state index in [1.807, 2.05) is 0 Å². The van der Waals surface area contributed by atoms with Gasteiger partial charge in [0.25, 0.3) is 0 Å². The molecule has 2 aromatic carbocycles. The summed E-state index contributed by atoms with van der Waals surface area (Å²) in [6.45, 7) is 1.39. The molecule has 3 nitrogen and oxygen atoms in total. The van der Waals surface area contributed by atoms with Crippen LogP contribution in [0.5, 0.6) is 5.75 Å². The van der Waals surface area contributed by atoms with Crippen LogP contribution >= 0.6 is 0 Å². The molecule has 6 heteroatoms. The summed E-state index contributed by atoms with van der Waals surface area (Å²) in [4.78, 5) is 12.0. The highest BCUT2D eigenvalue weighted by molar-refractivity contribution is 5.92. The minimum atomic E-state index is -4.42. The molecule has 1 N–H and O–H groups in total. The fourth-order valence-electron chi connectivity index (χ4n) is 2.15. The van der Waals surface area contributed by atoms with Gasteiger partial charge in [-0.25, -0.2) is 0 Å². The molecular formula is C17H16F3NO2. The van der Waals surface area contributed by atoms with E-state index in [4.69, 9.17) is 4.74 Å². The zero-order valence-electron chi connectivity index (χ0n) is 12.7. The van der Waals surface area contributed by atoms with Gasteiger partial charge in [-0.1, -0.05) is 12.1 Å². The van der Waals surface area contributed by atoms with Crippen LogP contribution in [0.25, 0.3) is 0 Å². The molecule has 0 spiro atoms. The van der Waals surface area contributed by atoms with Gasteiger partial charge in [0.15, 0.2) is 0 Å². The number of benzene rings is 2. The maximum atomic E-state index is 12.9. The lowest BCUT2D eigenvalue weighted by Crippen LogP contribution is -2.15. The van der Waals surface area contributed by atoms with E-state index in [9.17, 15) is 18.0 Å². The lowest BCUT2D eigenvalue weighted by molar-refractivity contribution is -0.138. The number of alkyl halides is 3. The first-order chi connectivity index (χ1) is 10.8. The number of ether oxygens (including phenoxy) is 1. The first-order valence-electron chi connectivity index (χ1n) is 6.90. The summed E-state index contributed by atoms with van der Waals surface area (Å²) < 4.78 is 43.6. The first-order valence-corrected chi connectivity index (χ1v) is 6.90. The average Bonchev–Trinajstić information content (AvgIpc) is 2.49. The van der Waals surface area contributed by atoms with Crippen LogP contribution in [0.1, 0.15) is 16.7 Å². The molecule has 0 bridgehead atoms. The highest BCUT2D eigenvalue weighted by Crippen LogP contribution is 2.32. The minimum absolute atomic E-state index is 0.130. The summed E-state index contributed by atoms with van der Waals surface area (Å²) in [6.07, 6.45) is -4.55. The van der Waals surface area contributed by atoms with Crippen LogP contribution in [0.3, 0.4) is 0 Å². The predicted octanol–water partition coefficient (Wildman–Crippen LogP) is 4.20. The summed E-state index contributed by atoms with van der Waals surface area (Å²) >= 11 is 0. The number of carbonyl (C=O) groups excluding carboxylic acids is 1. The van der Waals surface area contributed by atoms with E-state index < -0.39 is 11.7 Å². The van der Waals surface area contributed by atoms with E-state index in [1.54, 1.807) is 24.3 Å². The van der Waals surface area contributed by atoms with Crippen molar-refractivity contribution in [3.05, 3.63) is 59.2 Å². The van der Waals surface area contributed by atoms with Gasteiger partial charge in [0.2, 0.25) is 5.91 Å². The van der Waals surface area contributed by atoms with Crippen molar-refractivity contribution in [3.63, 3.8) is 0 Å². The molecule has 0 aliphatic carbocycles. The molecular weight excluding hydrogens is 307 g/mol. The Balaban J connectivity index is 2.08. The van der Waals surface area contributed by atoms with Crippen LogP contribution in [0.4, 0.5) is 18.9 Å².